The third-order valence-electron chi connectivity index (χ3n) is 8.83. The van der Waals surface area contributed by atoms with E-state index < -0.39 is 52.0 Å². The van der Waals surface area contributed by atoms with Crippen molar-refractivity contribution >= 4 is 34.6 Å². The average Bonchev–Trinajstić information content (AvgIpc) is 2.89. The van der Waals surface area contributed by atoms with Crippen LogP contribution in [0.15, 0.2) is 47.2 Å². The van der Waals surface area contributed by atoms with Crippen molar-refractivity contribution in [3.63, 3.8) is 0 Å². The minimum atomic E-state index is -2.60. The van der Waals surface area contributed by atoms with Crippen LogP contribution in [0.4, 0.5) is 11.4 Å². The average molecular weight is 590 g/mol. The van der Waals surface area contributed by atoms with E-state index in [4.69, 9.17) is 5.73 Å². The van der Waals surface area contributed by atoms with E-state index in [-0.39, 0.29) is 41.6 Å². The van der Waals surface area contributed by atoms with Crippen molar-refractivity contribution in [3.05, 3.63) is 69.5 Å². The van der Waals surface area contributed by atoms with Crippen LogP contribution in [-0.2, 0) is 33.8 Å². The zero-order chi connectivity index (χ0) is 31.6. The number of Topliss-reactive ketones (excluding diaryl/α,β-unsaturated/α-hetero) is 2. The number of phenolic OH excluding ortho intramolecular Hbond substituents is 1. The number of hydrogen-bond donors (Lipinski definition) is 6. The first-order chi connectivity index (χ1) is 20.1. The molecule has 43 heavy (non-hydrogen) atoms. The number of aromatic hydroxyl groups is 1. The van der Waals surface area contributed by atoms with Gasteiger partial charge in [0.15, 0.2) is 11.4 Å². The lowest BCUT2D eigenvalue weighted by molar-refractivity contribution is -0.147. The lowest BCUT2D eigenvalue weighted by atomic mass is 9.59. The maximum atomic E-state index is 13.9. The highest BCUT2D eigenvalue weighted by atomic mass is 16.3. The third kappa shape index (κ3) is 4.93. The molecule has 0 bridgehead atoms. The number of primary amides is 1. The van der Waals surface area contributed by atoms with Crippen LogP contribution < -0.4 is 16.0 Å². The van der Waals surface area contributed by atoms with Crippen molar-refractivity contribution in [3.8, 4) is 5.75 Å². The van der Waals surface area contributed by atoms with Gasteiger partial charge in [-0.1, -0.05) is 45.0 Å². The Morgan fingerprint density at radius 3 is 2.35 bits per heavy atom. The standard InChI is InChI=1S/C33H39N3O7/c1-32(2,3)14-16-8-6-7-9-17(16)15-35-21-13-22(36(4)5)20-11-18-10-19-12-23(37)26(31(34)42)30(41)33(19,43)29(40)24(18)28(39)25(20)27(21)38/h6-9,13,18-19,35,38-39,41,43H,10-12,14-15H2,1-5H3,(H2,34,42)/t18-,19+,33+/m1/s1. The monoisotopic (exact) mass is 589 g/mol. The number of hydrogen-bond acceptors (Lipinski definition) is 9. The fourth-order valence-corrected chi connectivity index (χ4v) is 6.87. The molecule has 0 aromatic heterocycles. The molecule has 3 aliphatic carbocycles. The van der Waals surface area contributed by atoms with Crippen molar-refractivity contribution in [2.24, 2.45) is 23.0 Å². The fraction of sp³-hybridized carbons (Fsp3) is 0.424. The number of anilines is 2. The van der Waals surface area contributed by atoms with Crippen molar-refractivity contribution in [2.75, 3.05) is 24.3 Å². The van der Waals surface area contributed by atoms with E-state index in [1.54, 1.807) is 6.07 Å². The number of rotatable bonds is 6. The molecule has 3 atom stereocenters. The fourth-order valence-electron chi connectivity index (χ4n) is 6.87. The van der Waals surface area contributed by atoms with Gasteiger partial charge >= 0.3 is 0 Å². The summed E-state index contributed by atoms with van der Waals surface area (Å²) in [5, 5.41) is 48.7. The normalized spacial score (nSPS) is 23.5. The number of ketones is 2. The maximum absolute atomic E-state index is 13.9. The Morgan fingerprint density at radius 1 is 1.09 bits per heavy atom. The molecule has 5 rings (SSSR count). The molecule has 0 unspecified atom stereocenters. The molecule has 7 N–H and O–H groups in total. The van der Waals surface area contributed by atoms with Gasteiger partial charge in [-0.25, -0.2) is 0 Å². The lowest BCUT2D eigenvalue weighted by Gasteiger charge is -2.46. The van der Waals surface area contributed by atoms with Gasteiger partial charge in [0.25, 0.3) is 5.91 Å². The molecule has 0 radical (unpaired) electrons. The Bertz CT molecular complexity index is 1610. The second-order valence-electron chi connectivity index (χ2n) is 13.3. The van der Waals surface area contributed by atoms with Crippen molar-refractivity contribution in [1.29, 1.82) is 0 Å². The summed E-state index contributed by atoms with van der Waals surface area (Å²) in [6.07, 6.45) is 0.827. The summed E-state index contributed by atoms with van der Waals surface area (Å²) < 4.78 is 0. The first-order valence-corrected chi connectivity index (χ1v) is 14.4. The van der Waals surface area contributed by atoms with Crippen molar-refractivity contribution in [1.82, 2.24) is 0 Å². The number of phenols is 1. The Balaban J connectivity index is 1.59. The molecule has 1 amide bonds. The molecule has 10 nitrogen and oxygen atoms in total. The number of carbonyl (C=O) groups is 3. The largest absolute Gasteiger partial charge is 0.508 e. The quantitative estimate of drug-likeness (QED) is 0.217. The van der Waals surface area contributed by atoms with E-state index in [1.165, 1.54) is 5.56 Å². The molecule has 1 fully saturated rings. The zero-order valence-corrected chi connectivity index (χ0v) is 25.1. The molecule has 0 saturated heterocycles. The summed E-state index contributed by atoms with van der Waals surface area (Å²) >= 11 is 0. The van der Waals surface area contributed by atoms with Crippen LogP contribution in [0.5, 0.6) is 5.75 Å². The minimum absolute atomic E-state index is 0.0591. The molecule has 1 saturated carbocycles. The number of benzene rings is 2. The predicted molar refractivity (Wildman–Crippen MR) is 163 cm³/mol. The second kappa shape index (κ2) is 10.4. The summed E-state index contributed by atoms with van der Waals surface area (Å²) in [5.41, 5.74) is 5.75. The van der Waals surface area contributed by atoms with Gasteiger partial charge in [0.2, 0.25) is 5.78 Å². The first kappa shape index (κ1) is 30.2. The Morgan fingerprint density at radius 2 is 1.74 bits per heavy atom. The topological polar surface area (TPSA) is 173 Å². The van der Waals surface area contributed by atoms with E-state index in [9.17, 15) is 34.8 Å². The number of fused-ring (bicyclic) bond motifs is 3. The molecular weight excluding hydrogens is 550 g/mol. The molecule has 2 aromatic carbocycles. The highest BCUT2D eigenvalue weighted by Crippen LogP contribution is 2.54. The van der Waals surface area contributed by atoms with Crippen LogP contribution in [0.1, 0.15) is 55.9 Å². The molecular formula is C33H39N3O7. The summed E-state index contributed by atoms with van der Waals surface area (Å²) in [5.74, 6) is -6.46. The highest BCUT2D eigenvalue weighted by molar-refractivity contribution is 6.22. The minimum Gasteiger partial charge on any atom is -0.508 e. The number of carbonyl (C=O) groups excluding carboxylic acids is 3. The summed E-state index contributed by atoms with van der Waals surface area (Å²) in [6, 6.07) is 9.85. The van der Waals surface area contributed by atoms with Gasteiger partial charge in [-0.15, -0.1) is 0 Å². The summed E-state index contributed by atoms with van der Waals surface area (Å²) in [4.78, 5) is 40.2. The van der Waals surface area contributed by atoms with E-state index in [0.29, 0.717) is 17.8 Å². The summed E-state index contributed by atoms with van der Waals surface area (Å²) in [6.45, 7) is 6.90. The van der Waals surface area contributed by atoms with Crippen molar-refractivity contribution in [2.45, 2.75) is 58.6 Å². The first-order valence-electron chi connectivity index (χ1n) is 14.4. The predicted octanol–water partition coefficient (Wildman–Crippen LogP) is 3.69. The Kier molecular flexibility index (Phi) is 7.33. The lowest BCUT2D eigenvalue weighted by Crippen LogP contribution is -2.58. The third-order valence-corrected chi connectivity index (χ3v) is 8.83. The molecule has 228 valence electrons. The summed E-state index contributed by atoms with van der Waals surface area (Å²) in [7, 11) is 3.67. The number of amides is 1. The van der Waals surface area contributed by atoms with Gasteiger partial charge in [-0.05, 0) is 53.4 Å². The van der Waals surface area contributed by atoms with Gasteiger partial charge in [-0.3, -0.25) is 14.4 Å². The maximum Gasteiger partial charge on any atom is 0.255 e. The van der Waals surface area contributed by atoms with E-state index in [2.05, 4.69) is 32.2 Å². The van der Waals surface area contributed by atoms with E-state index in [0.717, 1.165) is 17.7 Å². The van der Waals surface area contributed by atoms with Gasteiger partial charge < -0.3 is 36.4 Å². The smallest absolute Gasteiger partial charge is 0.255 e. The number of aliphatic hydroxyl groups excluding tert-OH is 2. The van der Waals surface area contributed by atoms with Gasteiger partial charge in [0.05, 0.1) is 11.3 Å². The SMILES string of the molecule is CN(C)c1cc(NCc2ccccc2CC(C)(C)C)c(O)c2c1C[C@H]1C[C@H]3CC(=O)C(C(N)=O)=C(O)[C@@]3(O)C(=O)C1=C2O. The van der Waals surface area contributed by atoms with Crippen LogP contribution in [0, 0.1) is 17.3 Å². The molecule has 0 aliphatic heterocycles. The van der Waals surface area contributed by atoms with Crippen LogP contribution in [-0.4, -0.2) is 57.6 Å². The van der Waals surface area contributed by atoms with Gasteiger partial charge in [-0.2, -0.15) is 0 Å². The number of nitrogens with two attached hydrogens (primary N) is 1. The van der Waals surface area contributed by atoms with Crippen LogP contribution in [0.25, 0.3) is 5.76 Å². The molecule has 2 aromatic rings. The second-order valence-corrected chi connectivity index (χ2v) is 13.3. The van der Waals surface area contributed by atoms with Crippen LogP contribution >= 0.6 is 0 Å². The zero-order valence-electron chi connectivity index (χ0n) is 25.1. The van der Waals surface area contributed by atoms with Crippen LogP contribution in [0.3, 0.4) is 0 Å². The highest BCUT2D eigenvalue weighted by Gasteiger charge is 2.60. The van der Waals surface area contributed by atoms with Gasteiger partial charge in [0.1, 0.15) is 22.8 Å². The number of aliphatic hydroxyl groups is 3. The van der Waals surface area contributed by atoms with Gasteiger partial charge in [0, 0.05) is 44.2 Å². The Hall–Kier alpha value is -4.31. The molecule has 10 heteroatoms. The molecule has 0 spiro atoms. The molecule has 3 aliphatic rings. The van der Waals surface area contributed by atoms with E-state index >= 15 is 0 Å². The van der Waals surface area contributed by atoms with Crippen molar-refractivity contribution < 1.29 is 34.8 Å². The van der Waals surface area contributed by atoms with Crippen LogP contribution in [0.2, 0.25) is 0 Å². The number of nitrogens with zero attached hydrogens (tertiary/aromatic N) is 1. The Labute approximate surface area is 250 Å². The molecule has 0 heterocycles. The number of nitrogens with one attached hydrogen (secondary N) is 1. The van der Waals surface area contributed by atoms with E-state index in [1.807, 2.05) is 37.2 Å².